The zero-order valence-electron chi connectivity index (χ0n) is 10.6. The molecule has 1 amide bonds. The molecular formula is C13H16ClFN2O2. The second-order valence-corrected chi connectivity index (χ2v) is 5.08. The summed E-state index contributed by atoms with van der Waals surface area (Å²) in [5.74, 6) is -0.755. The highest BCUT2D eigenvalue weighted by molar-refractivity contribution is 6.31. The third kappa shape index (κ3) is 3.23. The summed E-state index contributed by atoms with van der Waals surface area (Å²) in [4.78, 5) is 13.3. The summed E-state index contributed by atoms with van der Waals surface area (Å²) in [7, 11) is 1.61. The Labute approximate surface area is 116 Å². The van der Waals surface area contributed by atoms with Crippen LogP contribution in [0.5, 0.6) is 0 Å². The highest BCUT2D eigenvalue weighted by Gasteiger charge is 2.35. The number of ether oxygens (including phenoxy) is 1. The van der Waals surface area contributed by atoms with Gasteiger partial charge in [0, 0.05) is 25.2 Å². The van der Waals surface area contributed by atoms with E-state index in [4.69, 9.17) is 22.1 Å². The first-order valence-electron chi connectivity index (χ1n) is 6.01. The van der Waals surface area contributed by atoms with Gasteiger partial charge >= 0.3 is 0 Å². The second kappa shape index (κ2) is 5.86. The average molecular weight is 287 g/mol. The van der Waals surface area contributed by atoms with Crippen molar-refractivity contribution in [1.29, 1.82) is 0 Å². The molecule has 2 N–H and O–H groups in total. The third-order valence-corrected chi connectivity index (χ3v) is 3.77. The minimum atomic E-state index is -0.378. The molecule has 0 unspecified atom stereocenters. The molecule has 1 fully saturated rings. The Hall–Kier alpha value is -1.17. The molecule has 1 aliphatic heterocycles. The van der Waals surface area contributed by atoms with E-state index in [9.17, 15) is 9.18 Å². The maximum absolute atomic E-state index is 13.0. The molecule has 104 valence electrons. The molecule has 0 spiro atoms. The van der Waals surface area contributed by atoms with Gasteiger partial charge in [-0.1, -0.05) is 17.7 Å². The van der Waals surface area contributed by atoms with Crippen molar-refractivity contribution in [3.05, 3.63) is 34.6 Å². The number of likely N-dealkylation sites (tertiary alicyclic amines) is 1. The fraction of sp³-hybridized carbons (Fsp3) is 0.462. The first-order valence-corrected chi connectivity index (χ1v) is 6.39. The van der Waals surface area contributed by atoms with E-state index in [1.54, 1.807) is 13.2 Å². The lowest BCUT2D eigenvalue weighted by Crippen LogP contribution is -2.39. The molecule has 1 saturated heterocycles. The number of primary amides is 1. The van der Waals surface area contributed by atoms with E-state index in [1.807, 2.05) is 4.90 Å². The molecule has 4 nitrogen and oxygen atoms in total. The zero-order valence-corrected chi connectivity index (χ0v) is 11.4. The summed E-state index contributed by atoms with van der Waals surface area (Å²) in [6, 6.07) is 3.87. The zero-order chi connectivity index (χ0) is 14.0. The third-order valence-electron chi connectivity index (χ3n) is 3.42. The lowest BCUT2D eigenvalue weighted by Gasteiger charge is -2.22. The van der Waals surface area contributed by atoms with Crippen LogP contribution in [0, 0.1) is 5.82 Å². The fourth-order valence-electron chi connectivity index (χ4n) is 2.37. The van der Waals surface area contributed by atoms with Crippen LogP contribution in [0.2, 0.25) is 5.02 Å². The predicted molar refractivity (Wildman–Crippen MR) is 70.2 cm³/mol. The van der Waals surface area contributed by atoms with Gasteiger partial charge in [0.2, 0.25) is 5.91 Å². The minimum absolute atomic E-state index is 0.0169. The van der Waals surface area contributed by atoms with E-state index in [2.05, 4.69) is 0 Å². The van der Waals surface area contributed by atoms with Gasteiger partial charge in [-0.2, -0.15) is 0 Å². The standard InChI is InChI=1S/C13H16ClFN2O2/c1-19-10-5-12(13(16)18)17(7-10)6-8-2-3-9(15)4-11(8)14/h2-4,10,12H,5-7H2,1H3,(H2,16,18)/t10-,12-/m0/s1. The molecule has 1 aromatic carbocycles. The van der Waals surface area contributed by atoms with Crippen molar-refractivity contribution in [1.82, 2.24) is 4.90 Å². The number of nitrogens with two attached hydrogens (primary N) is 1. The van der Waals surface area contributed by atoms with E-state index >= 15 is 0 Å². The molecule has 6 heteroatoms. The number of hydrogen-bond donors (Lipinski definition) is 1. The first-order chi connectivity index (χ1) is 9.01. The highest BCUT2D eigenvalue weighted by Crippen LogP contribution is 2.25. The van der Waals surface area contributed by atoms with Crippen LogP contribution in [-0.2, 0) is 16.1 Å². The van der Waals surface area contributed by atoms with Crippen molar-refractivity contribution in [2.45, 2.75) is 25.1 Å². The summed E-state index contributed by atoms with van der Waals surface area (Å²) in [6.45, 7) is 1.06. The SMILES string of the molecule is CO[C@H]1C[C@@H](C(N)=O)N(Cc2ccc(F)cc2Cl)C1. The lowest BCUT2D eigenvalue weighted by molar-refractivity contribution is -0.122. The summed E-state index contributed by atoms with van der Waals surface area (Å²) >= 11 is 5.99. The van der Waals surface area contributed by atoms with Crippen LogP contribution in [0.1, 0.15) is 12.0 Å². The Balaban J connectivity index is 2.14. The quantitative estimate of drug-likeness (QED) is 0.914. The minimum Gasteiger partial charge on any atom is -0.380 e. The van der Waals surface area contributed by atoms with Crippen molar-refractivity contribution >= 4 is 17.5 Å². The maximum Gasteiger partial charge on any atom is 0.234 e. The summed E-state index contributed by atoms with van der Waals surface area (Å²) < 4.78 is 18.3. The van der Waals surface area contributed by atoms with Gasteiger partial charge in [0.05, 0.1) is 12.1 Å². The van der Waals surface area contributed by atoms with E-state index in [0.29, 0.717) is 24.5 Å². The predicted octanol–water partition coefficient (Wildman–Crippen LogP) is 1.55. The Morgan fingerprint density at radius 1 is 1.63 bits per heavy atom. The summed E-state index contributed by atoms with van der Waals surface area (Å²) in [5.41, 5.74) is 6.16. The normalized spacial score (nSPS) is 23.7. The second-order valence-electron chi connectivity index (χ2n) is 4.68. The number of halogens is 2. The fourth-order valence-corrected chi connectivity index (χ4v) is 2.60. The molecule has 0 aliphatic carbocycles. The number of carbonyl (C=O) groups excluding carboxylic acids is 1. The molecule has 0 saturated carbocycles. The van der Waals surface area contributed by atoms with E-state index in [1.165, 1.54) is 12.1 Å². The lowest BCUT2D eigenvalue weighted by atomic mass is 10.1. The van der Waals surface area contributed by atoms with Crippen LogP contribution in [0.25, 0.3) is 0 Å². The molecule has 0 bridgehead atoms. The van der Waals surface area contributed by atoms with Gasteiger partial charge in [-0.05, 0) is 24.1 Å². The van der Waals surface area contributed by atoms with Crippen LogP contribution in [0.4, 0.5) is 4.39 Å². The van der Waals surface area contributed by atoms with Gasteiger partial charge in [-0.15, -0.1) is 0 Å². The Morgan fingerprint density at radius 3 is 2.95 bits per heavy atom. The van der Waals surface area contributed by atoms with Crippen LogP contribution < -0.4 is 5.73 Å². The number of benzene rings is 1. The number of nitrogens with zero attached hydrogens (tertiary/aromatic N) is 1. The molecule has 1 aliphatic rings. The topological polar surface area (TPSA) is 55.6 Å². The Kier molecular flexibility index (Phi) is 4.39. The van der Waals surface area contributed by atoms with Gasteiger partial charge in [0.25, 0.3) is 0 Å². The van der Waals surface area contributed by atoms with Gasteiger partial charge in [0.15, 0.2) is 0 Å². The van der Waals surface area contributed by atoms with Gasteiger partial charge in [0.1, 0.15) is 5.82 Å². The number of hydrogen-bond acceptors (Lipinski definition) is 3. The van der Waals surface area contributed by atoms with Gasteiger partial charge in [-0.25, -0.2) is 4.39 Å². The number of carbonyl (C=O) groups is 1. The Morgan fingerprint density at radius 2 is 2.37 bits per heavy atom. The molecule has 1 heterocycles. The van der Waals surface area contributed by atoms with E-state index in [-0.39, 0.29) is 23.9 Å². The van der Waals surface area contributed by atoms with Crippen molar-refractivity contribution in [3.63, 3.8) is 0 Å². The average Bonchev–Trinajstić information content (AvgIpc) is 2.76. The monoisotopic (exact) mass is 286 g/mol. The van der Waals surface area contributed by atoms with Crippen LogP contribution in [0.15, 0.2) is 18.2 Å². The number of rotatable bonds is 4. The smallest absolute Gasteiger partial charge is 0.234 e. The molecule has 0 radical (unpaired) electrons. The van der Waals surface area contributed by atoms with Gasteiger partial charge < -0.3 is 10.5 Å². The maximum atomic E-state index is 13.0. The number of methoxy groups -OCH3 is 1. The van der Waals surface area contributed by atoms with Crippen LogP contribution in [-0.4, -0.2) is 36.6 Å². The van der Waals surface area contributed by atoms with Crippen LogP contribution in [0.3, 0.4) is 0 Å². The first kappa shape index (κ1) is 14.2. The summed E-state index contributed by atoms with van der Waals surface area (Å²) in [6.07, 6.45) is 0.557. The molecule has 2 atom stereocenters. The van der Waals surface area contributed by atoms with Crippen molar-refractivity contribution in [3.8, 4) is 0 Å². The number of amides is 1. The molecule has 1 aromatic rings. The van der Waals surface area contributed by atoms with Crippen molar-refractivity contribution in [2.24, 2.45) is 5.73 Å². The van der Waals surface area contributed by atoms with Crippen LogP contribution >= 0.6 is 11.6 Å². The van der Waals surface area contributed by atoms with E-state index < -0.39 is 0 Å². The molecule has 0 aromatic heterocycles. The van der Waals surface area contributed by atoms with Crippen molar-refractivity contribution < 1.29 is 13.9 Å². The van der Waals surface area contributed by atoms with Gasteiger partial charge in [-0.3, -0.25) is 9.69 Å². The van der Waals surface area contributed by atoms with Crippen molar-refractivity contribution in [2.75, 3.05) is 13.7 Å². The molecule has 2 rings (SSSR count). The van der Waals surface area contributed by atoms with E-state index in [0.717, 1.165) is 5.56 Å². The highest BCUT2D eigenvalue weighted by atomic mass is 35.5. The molecular weight excluding hydrogens is 271 g/mol. The molecule has 19 heavy (non-hydrogen) atoms. The Bertz CT molecular complexity index is 484. The summed E-state index contributed by atoms with van der Waals surface area (Å²) in [5, 5.41) is 0.351. The largest absolute Gasteiger partial charge is 0.380 e.